The summed E-state index contributed by atoms with van der Waals surface area (Å²) in [5.41, 5.74) is 25.7. The maximum atomic E-state index is 13.4. The Morgan fingerprint density at radius 2 is 0.858 bits per heavy atom. The number of carbonyl (C=O) groups is 8. The molecular weight excluding hydrogens is 1620 g/mol. The third kappa shape index (κ3) is 20.5. The standard InChI is InChI=1S/C47H54N10O6.C31H40N8O2.C16H16N2O5/c48-43-41-42(32-11-18-36(19-12-32)63-35-7-2-1-3-8-35)53-57(44(41)52-30-51-43)34-16-14-33(15-17-34)55-25-23-54(24-26-55)27-29-62-28-22-49-39(58)20-13-31-6-4-9-37-40(31)47(61)56(46(37)60)38-10-5-21-50-45(38)59;32-14-20-40-21-19-37-15-17-38(18-16-37)24-8-10-25(11-9-24)39-31-28(30(33)34-22-35-31)29(36-39)23-6-12-27(13-7-23)41-26-4-2-1-3-5-26;19-12(20)7-6-9-3-1-4-10-13(9)16(23)18(15(10)22)11-5-2-8-17-14(11)21/h1-4,6-9,11-12,18-19,30,33-34,38H,5,10,13-17,20-29H2,(H,49,58)(H,50,59)(H2,48,51,52);1-7,12-13,22,24-25H,8-11,14-21,32H2,(H2,33,34,35);1,3-4,11H,2,5-8H2,(H,17,21)(H,19,20). The van der Waals surface area contributed by atoms with Crippen molar-refractivity contribution in [3.05, 3.63) is 192 Å². The number of carboxylic acid groups (broad SMARTS) is 1. The van der Waals surface area contributed by atoms with E-state index in [4.69, 9.17) is 51.5 Å². The van der Waals surface area contributed by atoms with Gasteiger partial charge in [-0.15, -0.1) is 0 Å². The zero-order valence-corrected chi connectivity index (χ0v) is 71.4. The van der Waals surface area contributed by atoms with E-state index in [2.05, 4.69) is 64.8 Å². The number of carbonyl (C=O) groups excluding carboxylic acids is 7. The van der Waals surface area contributed by atoms with E-state index in [0.717, 1.165) is 201 Å². The fourth-order valence-electron chi connectivity index (χ4n) is 18.8. The number of hydrogen-bond acceptors (Lipinski definition) is 25. The third-order valence-corrected chi connectivity index (χ3v) is 25.5. The lowest BCUT2D eigenvalue weighted by Crippen LogP contribution is -2.52. The van der Waals surface area contributed by atoms with Crippen molar-refractivity contribution in [1.82, 2.24) is 84.8 Å². The maximum Gasteiger partial charge on any atom is 0.303 e. The fraction of sp³-hybridized carbons (Fsp3) is 0.426. The van der Waals surface area contributed by atoms with E-state index in [9.17, 15) is 38.4 Å². The fourth-order valence-corrected chi connectivity index (χ4v) is 18.8. The number of nitrogen functional groups attached to an aromatic ring is 2. The van der Waals surface area contributed by atoms with Crippen molar-refractivity contribution < 1.29 is 62.4 Å². The van der Waals surface area contributed by atoms with Crippen molar-refractivity contribution in [3.63, 3.8) is 0 Å². The van der Waals surface area contributed by atoms with Crippen molar-refractivity contribution in [2.75, 3.05) is 130 Å². The molecule has 0 radical (unpaired) electrons. The van der Waals surface area contributed by atoms with Crippen LogP contribution in [-0.4, -0.2) is 264 Å². The normalized spacial score (nSPS) is 20.6. The number of para-hydroxylation sites is 2. The Bertz CT molecular complexity index is 5550. The number of carboxylic acids is 1. The molecule has 6 fully saturated rings. The highest BCUT2D eigenvalue weighted by atomic mass is 16.5. The van der Waals surface area contributed by atoms with Crippen LogP contribution in [0.2, 0.25) is 0 Å². The first-order chi connectivity index (χ1) is 62.0. The predicted octanol–water partition coefficient (Wildman–Crippen LogP) is 9.13. The second-order valence-corrected chi connectivity index (χ2v) is 33.4. The Hall–Kier alpha value is -12.5. The number of anilines is 2. The van der Waals surface area contributed by atoms with E-state index in [0.29, 0.717) is 130 Å². The van der Waals surface area contributed by atoms with E-state index >= 15 is 0 Å². The number of piperazine rings is 2. The lowest BCUT2D eigenvalue weighted by molar-refractivity contribution is -0.137. The number of amides is 7. The number of rotatable bonds is 29. The Balaban J connectivity index is 0.000000157. The number of nitrogens with zero attached hydrogens (tertiary/aromatic N) is 14. The van der Waals surface area contributed by atoms with Crippen LogP contribution >= 0.6 is 0 Å². The largest absolute Gasteiger partial charge is 0.481 e. The molecule has 4 saturated heterocycles. The average molecular weight is 1730 g/mol. The van der Waals surface area contributed by atoms with E-state index < -0.39 is 41.7 Å². The summed E-state index contributed by atoms with van der Waals surface area (Å²) in [4.78, 5) is 130. The van der Waals surface area contributed by atoms with Gasteiger partial charge in [0, 0.05) is 128 Å². The number of benzene rings is 6. The molecule has 664 valence electrons. The summed E-state index contributed by atoms with van der Waals surface area (Å²) in [6.45, 7) is 14.7. The first kappa shape index (κ1) is 88.0. The van der Waals surface area contributed by atoms with Gasteiger partial charge in [0.15, 0.2) is 11.3 Å². The number of hydrogen-bond donors (Lipinski definition) is 7. The van der Waals surface area contributed by atoms with Gasteiger partial charge >= 0.3 is 5.97 Å². The molecule has 2 atom stereocenters. The molecule has 18 rings (SSSR count). The van der Waals surface area contributed by atoms with Crippen LogP contribution in [0.5, 0.6) is 23.0 Å². The van der Waals surface area contributed by atoms with Crippen LogP contribution in [0.15, 0.2) is 158 Å². The van der Waals surface area contributed by atoms with Crippen molar-refractivity contribution in [1.29, 1.82) is 0 Å². The molecule has 4 aromatic heterocycles. The second kappa shape index (κ2) is 41.3. The number of nitrogens with two attached hydrogens (primary N) is 3. The average Bonchev–Trinajstić information content (AvgIpc) is 1.67. The summed E-state index contributed by atoms with van der Waals surface area (Å²) < 4.78 is 27.6. The highest BCUT2D eigenvalue weighted by Crippen LogP contribution is 2.42. The van der Waals surface area contributed by atoms with Crippen molar-refractivity contribution in [2.45, 2.75) is 139 Å². The van der Waals surface area contributed by atoms with Gasteiger partial charge in [0.25, 0.3) is 23.6 Å². The Labute approximate surface area is 736 Å². The lowest BCUT2D eigenvalue weighted by Gasteiger charge is -2.42. The lowest BCUT2D eigenvalue weighted by atomic mass is 9.90. The zero-order chi connectivity index (χ0) is 87.9. The molecule has 2 aliphatic carbocycles. The summed E-state index contributed by atoms with van der Waals surface area (Å²) >= 11 is 0. The highest BCUT2D eigenvalue weighted by molar-refractivity contribution is 6.24. The van der Waals surface area contributed by atoms with Crippen LogP contribution in [-0.2, 0) is 41.5 Å². The number of fused-ring (bicyclic) bond motifs is 4. The molecular formula is C94H110N20O13. The quantitative estimate of drug-likeness (QED) is 0.0170. The van der Waals surface area contributed by atoms with E-state index in [1.54, 1.807) is 42.7 Å². The number of nitrogens with one attached hydrogen (secondary N) is 3. The zero-order valence-electron chi connectivity index (χ0n) is 71.4. The molecule has 6 aliphatic heterocycles. The van der Waals surface area contributed by atoms with Gasteiger partial charge in [0.05, 0.1) is 71.5 Å². The van der Waals surface area contributed by atoms with E-state index in [-0.39, 0.29) is 54.2 Å². The molecule has 8 aliphatic rings. The van der Waals surface area contributed by atoms with E-state index in [1.165, 1.54) is 6.33 Å². The molecule has 0 bridgehead atoms. The minimum atomic E-state index is -0.970. The summed E-state index contributed by atoms with van der Waals surface area (Å²) in [6, 6.07) is 45.4. The summed E-state index contributed by atoms with van der Waals surface area (Å²) in [5, 5.41) is 29.0. The third-order valence-electron chi connectivity index (χ3n) is 25.5. The topological polar surface area (TPSA) is 414 Å². The maximum absolute atomic E-state index is 13.4. The number of aliphatic carboxylic acids is 1. The number of piperidine rings is 2. The molecule has 33 heteroatoms. The SMILES string of the molecule is NCCOCCN1CCN(C2CCC(n3nc(-c4ccc(Oc5ccccc5)cc4)c4c(N)ncnc43)CC2)CC1.Nc1ncnc2c1c(-c1ccc(Oc3ccccc3)cc1)nn2C1CCC(N2CCN(CCOCCNC(=O)CCc3cccc4c3C(=O)N(C3CCCNC3=O)C4=O)CC2)CC1.O=C(O)CCc1cccc2c1C(=O)N(C1CCCNC1=O)C2=O. The predicted molar refractivity (Wildman–Crippen MR) is 476 cm³/mol. The van der Waals surface area contributed by atoms with Crippen molar-refractivity contribution in [2.24, 2.45) is 5.73 Å². The van der Waals surface area contributed by atoms with Crippen LogP contribution in [0.1, 0.15) is 155 Å². The summed E-state index contributed by atoms with van der Waals surface area (Å²) in [5.74, 6) is 0.334. The van der Waals surface area contributed by atoms with E-state index in [1.807, 2.05) is 109 Å². The minimum absolute atomic E-state index is 0.123. The first-order valence-electron chi connectivity index (χ1n) is 44.5. The smallest absolute Gasteiger partial charge is 0.303 e. The molecule has 10 heterocycles. The molecule has 2 saturated carbocycles. The number of imide groups is 2. The Morgan fingerprint density at radius 1 is 0.449 bits per heavy atom. The van der Waals surface area contributed by atoms with Gasteiger partial charge in [-0.05, 0) is 186 Å². The molecule has 33 nitrogen and oxygen atoms in total. The van der Waals surface area contributed by atoms with Gasteiger partial charge in [-0.3, -0.25) is 67.8 Å². The molecule has 10 aromatic rings. The van der Waals surface area contributed by atoms with Gasteiger partial charge in [-0.2, -0.15) is 10.2 Å². The molecule has 6 aromatic carbocycles. The van der Waals surface area contributed by atoms with Crippen LogP contribution in [0.3, 0.4) is 0 Å². The monoisotopic (exact) mass is 1730 g/mol. The van der Waals surface area contributed by atoms with Crippen molar-refractivity contribution >= 4 is 81.0 Å². The van der Waals surface area contributed by atoms with Crippen molar-refractivity contribution in [3.8, 4) is 45.5 Å². The molecule has 7 amide bonds. The first-order valence-corrected chi connectivity index (χ1v) is 44.5. The van der Waals surface area contributed by atoms with Gasteiger partial charge in [-0.1, -0.05) is 60.7 Å². The van der Waals surface area contributed by atoms with Crippen LogP contribution in [0.4, 0.5) is 11.6 Å². The minimum Gasteiger partial charge on any atom is -0.481 e. The van der Waals surface area contributed by atoms with Crippen LogP contribution < -0.4 is 42.6 Å². The van der Waals surface area contributed by atoms with Crippen LogP contribution in [0.25, 0.3) is 44.6 Å². The number of aryl methyl sites for hydroxylation is 2. The molecule has 2 unspecified atom stereocenters. The Morgan fingerprint density at radius 3 is 1.28 bits per heavy atom. The highest BCUT2D eigenvalue weighted by Gasteiger charge is 2.47. The number of ether oxygens (including phenoxy) is 4. The molecule has 10 N–H and O–H groups in total. The second-order valence-electron chi connectivity index (χ2n) is 33.4. The van der Waals surface area contributed by atoms with Gasteiger partial charge in [-0.25, -0.2) is 29.3 Å². The summed E-state index contributed by atoms with van der Waals surface area (Å²) in [6.07, 6.45) is 14.5. The molecule has 0 spiro atoms. The molecule has 127 heavy (non-hydrogen) atoms. The Kier molecular flexibility index (Phi) is 28.6. The summed E-state index contributed by atoms with van der Waals surface area (Å²) in [7, 11) is 0. The van der Waals surface area contributed by atoms with Gasteiger partial charge in [0.2, 0.25) is 17.7 Å². The van der Waals surface area contributed by atoms with Gasteiger partial charge < -0.3 is 57.2 Å². The van der Waals surface area contributed by atoms with Gasteiger partial charge in [0.1, 0.15) is 70.8 Å². The van der Waals surface area contributed by atoms with Crippen LogP contribution in [0, 0.1) is 0 Å². The number of aromatic nitrogens is 8.